The van der Waals surface area contributed by atoms with Crippen molar-refractivity contribution in [2.45, 2.75) is 238 Å². The number of hydrogen-bond acceptors (Lipinski definition) is 18. The van der Waals surface area contributed by atoms with Crippen molar-refractivity contribution in [1.82, 2.24) is 0 Å². The summed E-state index contributed by atoms with van der Waals surface area (Å²) in [5.41, 5.74) is 16.6. The summed E-state index contributed by atoms with van der Waals surface area (Å²) in [6.45, 7) is 22.6. The van der Waals surface area contributed by atoms with E-state index in [0.717, 1.165) is 39.8 Å². The van der Waals surface area contributed by atoms with Crippen molar-refractivity contribution in [1.29, 1.82) is 0 Å². The third-order valence-corrected chi connectivity index (χ3v) is 22.2. The Morgan fingerprint density at radius 3 is 1.22 bits per heavy atom. The first-order chi connectivity index (χ1) is 50.0. The number of fused-ring (bicyclic) bond motifs is 1. The number of ether oxygens (including phenoxy) is 16. The van der Waals surface area contributed by atoms with Crippen LogP contribution in [0.5, 0.6) is 0 Å². The summed E-state index contributed by atoms with van der Waals surface area (Å²) in [5, 5.41) is 16.4. The normalized spacial score (nSPS) is 35.8. The first-order valence-electron chi connectivity index (χ1n) is 37.2. The predicted octanol–water partition coefficient (Wildman–Crippen LogP) is 14.3. The molecule has 12 unspecified atom stereocenters. The summed E-state index contributed by atoms with van der Waals surface area (Å²) in [6.07, 6.45) is -13.3. The zero-order valence-corrected chi connectivity index (χ0v) is 61.2. The second kappa shape index (κ2) is 36.5. The Labute approximate surface area is 608 Å². The maximum atomic E-state index is 11.8. The van der Waals surface area contributed by atoms with E-state index in [1.807, 2.05) is 203 Å². The van der Waals surface area contributed by atoms with Crippen LogP contribution in [-0.4, -0.2) is 147 Å². The van der Waals surface area contributed by atoms with Gasteiger partial charge in [0.2, 0.25) is 0 Å². The quantitative estimate of drug-likeness (QED) is 0.0243. The summed E-state index contributed by atoms with van der Waals surface area (Å²) >= 11 is 0. The van der Waals surface area contributed by atoms with Gasteiger partial charge in [0, 0.05) is 4.91 Å². The summed E-state index contributed by atoms with van der Waals surface area (Å²) in [5.74, 6) is -2.22. The van der Waals surface area contributed by atoms with Crippen molar-refractivity contribution in [3.05, 3.63) is 226 Å². The highest BCUT2D eigenvalue weighted by Gasteiger charge is 2.62. The standard InChI is InChI=1S/C83H107N3O17/c1-11-64-51(2)54(5)69(87)80(95-64)100-72-56(7)53(4)65(48-88-42-58-30-18-12-19-31-58)96-81(72)94-50-66-52(3)55(6)71(90-44-60-34-22-14-23-35-60)82(97-66)99-70-57(8)68(85-86-84)79(98-67(70)49-89-43-59-32-20-13-21-33-59)101-76-74(92-46-62-38-26-16-27-39-62)73(91-45-61-36-24-15-25-37-61)75(77-78(76)103-83(9,10)102-77)93-47-63-40-28-17-29-41-63/h12-41,51-57,64-82,87H,11,42-50H2,1-10H3/t51-,52-,53-,54+,55+,56+,57-,64?,65?,66?,67?,68?,69?,70-,71?,72?,73?,74?,75?,76?,77+,78+,79+,80+,81-,82+/m1/s1. The van der Waals surface area contributed by atoms with Gasteiger partial charge >= 0.3 is 0 Å². The van der Waals surface area contributed by atoms with Crippen LogP contribution >= 0.6 is 0 Å². The van der Waals surface area contributed by atoms with Crippen LogP contribution in [0.2, 0.25) is 0 Å². The molecule has 20 nitrogen and oxygen atoms in total. The number of azide groups is 1. The Morgan fingerprint density at radius 2 is 0.738 bits per heavy atom. The van der Waals surface area contributed by atoms with Crippen molar-refractivity contribution in [2.24, 2.45) is 46.5 Å². The fraction of sp³-hybridized carbons (Fsp3) is 0.566. The van der Waals surface area contributed by atoms with Crippen LogP contribution < -0.4 is 0 Å². The van der Waals surface area contributed by atoms with E-state index >= 15 is 0 Å². The van der Waals surface area contributed by atoms with Gasteiger partial charge in [0.1, 0.15) is 61.0 Å². The molecule has 0 radical (unpaired) electrons. The molecule has 1 saturated carbocycles. The lowest BCUT2D eigenvalue weighted by atomic mass is 9.81. The zero-order chi connectivity index (χ0) is 72.0. The molecule has 6 fully saturated rings. The molecule has 6 aromatic carbocycles. The maximum Gasteiger partial charge on any atom is 0.184 e. The molecule has 1 aliphatic carbocycles. The zero-order valence-electron chi connectivity index (χ0n) is 61.2. The monoisotopic (exact) mass is 1420 g/mol. The number of aliphatic hydroxyl groups is 1. The highest BCUT2D eigenvalue weighted by Crippen LogP contribution is 2.46. The van der Waals surface area contributed by atoms with E-state index in [1.165, 1.54) is 0 Å². The summed E-state index contributed by atoms with van der Waals surface area (Å²) in [4.78, 5) is 3.50. The fourth-order valence-corrected chi connectivity index (χ4v) is 15.5. The Bertz CT molecular complexity index is 3520. The average molecular weight is 1420 g/mol. The van der Waals surface area contributed by atoms with Crippen LogP contribution in [0.3, 0.4) is 0 Å². The third-order valence-electron chi connectivity index (χ3n) is 22.2. The minimum atomic E-state index is -1.24. The Kier molecular flexibility index (Phi) is 27.1. The Hall–Kier alpha value is -6.05. The summed E-state index contributed by atoms with van der Waals surface area (Å²) in [6, 6.07) is 58.9. The SMILES string of the molecule is CCC1O[C@@H](OC2[C@H](OCC3O[C@@H](O[C@H]4C(COCc5ccccc5)O[C@@H](OC5C(OCc6ccccc6)C(OCc6ccccc6)C(OCc6ccccc6)[C@@H]6OC(C)(C)O[C@@H]56)C(N=[N+]=[N-])[C@H]4C)C(OCc4ccccc4)[C@@H](C)[C@H]3C)OC(COCc3ccccc3)[C@H](C)[C@@H]2C)C(O)[C@@H](C)[C@H]1C. The number of hydrogen-bond donors (Lipinski definition) is 1. The second-order valence-electron chi connectivity index (χ2n) is 29.5. The van der Waals surface area contributed by atoms with Gasteiger partial charge in [-0.15, -0.1) is 0 Å². The predicted molar refractivity (Wildman–Crippen MR) is 385 cm³/mol. The first-order valence-corrected chi connectivity index (χ1v) is 37.2. The van der Waals surface area contributed by atoms with E-state index in [4.69, 9.17) is 75.8 Å². The van der Waals surface area contributed by atoms with Crippen LogP contribution in [0.4, 0.5) is 0 Å². The van der Waals surface area contributed by atoms with Crippen LogP contribution in [0.25, 0.3) is 10.4 Å². The van der Waals surface area contributed by atoms with Gasteiger partial charge in [-0.3, -0.25) is 0 Å². The largest absolute Gasteiger partial charge is 0.388 e. The first kappa shape index (κ1) is 76.6. The minimum Gasteiger partial charge on any atom is -0.388 e. The minimum absolute atomic E-state index is 0.0202. The molecule has 556 valence electrons. The molecule has 103 heavy (non-hydrogen) atoms. The van der Waals surface area contributed by atoms with E-state index in [9.17, 15) is 10.6 Å². The van der Waals surface area contributed by atoms with Crippen molar-refractivity contribution in [2.75, 3.05) is 19.8 Å². The third kappa shape index (κ3) is 19.2. The topological polar surface area (TPSA) is 217 Å². The Balaban J connectivity index is 0.860. The second-order valence-corrected chi connectivity index (χ2v) is 29.5. The van der Waals surface area contributed by atoms with Gasteiger partial charge in [0.25, 0.3) is 0 Å². The van der Waals surface area contributed by atoms with E-state index in [0.29, 0.717) is 13.2 Å². The number of nitrogens with zero attached hydrogens (tertiary/aromatic N) is 3. The fourth-order valence-electron chi connectivity index (χ4n) is 15.5. The molecule has 5 aliphatic heterocycles. The van der Waals surface area contributed by atoms with Crippen molar-refractivity contribution >= 4 is 0 Å². The molecule has 6 aliphatic rings. The highest BCUT2D eigenvalue weighted by molar-refractivity contribution is 5.19. The molecule has 5 heterocycles. The molecule has 0 aromatic heterocycles. The van der Waals surface area contributed by atoms with Gasteiger partial charge in [-0.25, -0.2) is 0 Å². The van der Waals surface area contributed by atoms with E-state index in [1.54, 1.807) is 0 Å². The van der Waals surface area contributed by atoms with E-state index < -0.39 is 116 Å². The molecule has 1 N–H and O–H groups in total. The van der Waals surface area contributed by atoms with Gasteiger partial charge < -0.3 is 80.9 Å². The lowest BCUT2D eigenvalue weighted by Gasteiger charge is -2.51. The smallest absolute Gasteiger partial charge is 0.184 e. The molecular formula is C83H107N3O17. The number of rotatable bonds is 31. The van der Waals surface area contributed by atoms with Crippen LogP contribution in [0, 0.1) is 41.4 Å². The molecule has 20 heteroatoms. The van der Waals surface area contributed by atoms with Crippen LogP contribution in [0.1, 0.15) is 109 Å². The van der Waals surface area contributed by atoms with Gasteiger partial charge in [-0.1, -0.05) is 242 Å². The average Bonchev–Trinajstić information content (AvgIpc) is 1.54. The van der Waals surface area contributed by atoms with Gasteiger partial charge in [-0.2, -0.15) is 0 Å². The van der Waals surface area contributed by atoms with Gasteiger partial charge in [0.05, 0.1) is 89.9 Å². The number of benzene rings is 6. The van der Waals surface area contributed by atoms with Crippen LogP contribution in [-0.2, 0) is 115 Å². The molecular weight excluding hydrogens is 1310 g/mol. The molecule has 26 atom stereocenters. The van der Waals surface area contributed by atoms with Crippen LogP contribution in [0.15, 0.2) is 187 Å². The van der Waals surface area contributed by atoms with Gasteiger partial charge in [0.15, 0.2) is 30.9 Å². The molecule has 12 rings (SSSR count). The van der Waals surface area contributed by atoms with E-state index in [2.05, 4.69) is 58.5 Å². The lowest BCUT2D eigenvalue weighted by Crippen LogP contribution is -2.67. The highest BCUT2D eigenvalue weighted by atomic mass is 16.8. The van der Waals surface area contributed by atoms with Crippen molar-refractivity contribution < 1.29 is 80.9 Å². The maximum absolute atomic E-state index is 11.8. The lowest BCUT2D eigenvalue weighted by molar-refractivity contribution is -0.363. The molecule has 0 amide bonds. The summed E-state index contributed by atoms with van der Waals surface area (Å²) < 4.78 is 113. The molecule has 6 aromatic rings. The molecule has 0 bridgehead atoms. The molecule has 0 spiro atoms. The number of aliphatic hydroxyl groups excluding tert-OH is 1. The molecule has 5 saturated heterocycles. The van der Waals surface area contributed by atoms with E-state index in [-0.39, 0.29) is 94.0 Å². The van der Waals surface area contributed by atoms with Crippen molar-refractivity contribution in [3.8, 4) is 0 Å². The Morgan fingerprint density at radius 1 is 0.369 bits per heavy atom. The van der Waals surface area contributed by atoms with Gasteiger partial charge in [-0.05, 0) is 101 Å². The summed E-state index contributed by atoms with van der Waals surface area (Å²) in [7, 11) is 0. The van der Waals surface area contributed by atoms with Crippen molar-refractivity contribution in [3.63, 3.8) is 0 Å².